The second kappa shape index (κ2) is 3.49. The molecular formula is C8H9NO2S. The van der Waals surface area contributed by atoms with Gasteiger partial charge in [-0.05, 0) is 18.6 Å². The fourth-order valence-corrected chi connectivity index (χ4v) is 1.19. The molecule has 1 aromatic heterocycles. The summed E-state index contributed by atoms with van der Waals surface area (Å²) in [6.07, 6.45) is 0.645. The van der Waals surface area contributed by atoms with Crippen LogP contribution in [0, 0.1) is 4.64 Å². The summed E-state index contributed by atoms with van der Waals surface area (Å²) in [5.41, 5.74) is 0.973. The monoisotopic (exact) mass is 183 g/mol. The number of rotatable bonds is 2. The Morgan fingerprint density at radius 2 is 2.33 bits per heavy atom. The molecule has 0 aliphatic heterocycles. The van der Waals surface area contributed by atoms with Crippen molar-refractivity contribution in [1.82, 2.24) is 4.98 Å². The third kappa shape index (κ3) is 1.71. The zero-order chi connectivity index (χ0) is 9.14. The van der Waals surface area contributed by atoms with Gasteiger partial charge in [-0.2, -0.15) is 0 Å². The molecule has 0 atom stereocenters. The van der Waals surface area contributed by atoms with Crippen LogP contribution in [0.1, 0.15) is 23.0 Å². The van der Waals surface area contributed by atoms with E-state index in [1.807, 2.05) is 6.92 Å². The third-order valence-corrected chi connectivity index (χ3v) is 1.82. The van der Waals surface area contributed by atoms with E-state index in [9.17, 15) is 4.79 Å². The van der Waals surface area contributed by atoms with Gasteiger partial charge in [0.2, 0.25) is 0 Å². The standard InChI is InChI=1S/C8H9NO2S/c1-2-6-5(8(10)11)3-4-7(12)9-6/h3-4H,2H2,1H3,(H,9,12)(H,10,11). The zero-order valence-corrected chi connectivity index (χ0v) is 7.44. The summed E-state index contributed by atoms with van der Waals surface area (Å²) in [5, 5.41) is 8.73. The van der Waals surface area contributed by atoms with Crippen molar-refractivity contribution in [3.8, 4) is 0 Å². The van der Waals surface area contributed by atoms with Crippen LogP contribution < -0.4 is 0 Å². The summed E-state index contributed by atoms with van der Waals surface area (Å²) < 4.78 is 0.567. The van der Waals surface area contributed by atoms with Gasteiger partial charge in [-0.25, -0.2) is 4.79 Å². The van der Waals surface area contributed by atoms with Crippen molar-refractivity contribution in [2.24, 2.45) is 0 Å². The molecule has 0 fully saturated rings. The van der Waals surface area contributed by atoms with Gasteiger partial charge in [-0.3, -0.25) is 0 Å². The SMILES string of the molecule is CCc1[nH]c(=S)ccc1C(=O)O. The molecule has 0 saturated carbocycles. The number of aromatic amines is 1. The van der Waals surface area contributed by atoms with Gasteiger partial charge >= 0.3 is 5.97 Å². The zero-order valence-electron chi connectivity index (χ0n) is 6.63. The van der Waals surface area contributed by atoms with Crippen molar-refractivity contribution >= 4 is 18.2 Å². The number of H-pyrrole nitrogens is 1. The molecule has 0 aliphatic rings. The molecule has 0 amide bonds. The quantitative estimate of drug-likeness (QED) is 0.689. The highest BCUT2D eigenvalue weighted by Gasteiger charge is 2.07. The minimum Gasteiger partial charge on any atom is -0.478 e. The molecule has 0 saturated heterocycles. The lowest BCUT2D eigenvalue weighted by Gasteiger charge is -2.01. The molecule has 0 spiro atoms. The first kappa shape index (κ1) is 8.93. The summed E-state index contributed by atoms with van der Waals surface area (Å²) in [4.78, 5) is 13.5. The van der Waals surface area contributed by atoms with E-state index in [2.05, 4.69) is 4.98 Å². The van der Waals surface area contributed by atoms with Crippen LogP contribution in [0.4, 0.5) is 0 Å². The van der Waals surface area contributed by atoms with Crippen molar-refractivity contribution in [2.45, 2.75) is 13.3 Å². The lowest BCUT2D eigenvalue weighted by atomic mass is 10.1. The fraction of sp³-hybridized carbons (Fsp3) is 0.250. The number of nitrogens with one attached hydrogen (secondary N) is 1. The first-order valence-electron chi connectivity index (χ1n) is 3.60. The predicted octanol–water partition coefficient (Wildman–Crippen LogP) is 2.00. The topological polar surface area (TPSA) is 53.1 Å². The highest BCUT2D eigenvalue weighted by atomic mass is 32.1. The summed E-state index contributed by atoms with van der Waals surface area (Å²) >= 11 is 4.86. The smallest absolute Gasteiger partial charge is 0.337 e. The van der Waals surface area contributed by atoms with Gasteiger partial charge in [0.05, 0.1) is 5.56 Å². The average molecular weight is 183 g/mol. The Balaban J connectivity index is 3.29. The Labute approximate surface area is 75.1 Å². The van der Waals surface area contributed by atoms with Gasteiger partial charge in [-0.1, -0.05) is 19.1 Å². The van der Waals surface area contributed by atoms with Gasteiger partial charge in [-0.15, -0.1) is 0 Å². The van der Waals surface area contributed by atoms with Crippen LogP contribution in [0.25, 0.3) is 0 Å². The minimum absolute atomic E-state index is 0.297. The molecule has 12 heavy (non-hydrogen) atoms. The Bertz CT molecular complexity index is 356. The van der Waals surface area contributed by atoms with E-state index in [0.29, 0.717) is 22.3 Å². The van der Waals surface area contributed by atoms with Gasteiger partial charge in [0.1, 0.15) is 4.64 Å². The Kier molecular flexibility index (Phi) is 2.60. The fourth-order valence-electron chi connectivity index (χ4n) is 0.997. The highest BCUT2D eigenvalue weighted by Crippen LogP contribution is 2.06. The maximum absolute atomic E-state index is 10.6. The second-order valence-corrected chi connectivity index (χ2v) is 2.81. The van der Waals surface area contributed by atoms with Crippen molar-refractivity contribution in [1.29, 1.82) is 0 Å². The lowest BCUT2D eigenvalue weighted by Crippen LogP contribution is -2.03. The molecular weight excluding hydrogens is 174 g/mol. The summed E-state index contributed by atoms with van der Waals surface area (Å²) in [5.74, 6) is -0.918. The molecule has 4 heteroatoms. The Morgan fingerprint density at radius 3 is 2.83 bits per heavy atom. The molecule has 1 aromatic rings. The number of aromatic carboxylic acids is 1. The number of hydrogen-bond acceptors (Lipinski definition) is 2. The molecule has 0 radical (unpaired) electrons. The maximum atomic E-state index is 10.6. The molecule has 0 aromatic carbocycles. The van der Waals surface area contributed by atoms with Crippen molar-refractivity contribution in [3.63, 3.8) is 0 Å². The van der Waals surface area contributed by atoms with E-state index in [4.69, 9.17) is 17.3 Å². The Morgan fingerprint density at radius 1 is 1.67 bits per heavy atom. The van der Waals surface area contributed by atoms with Crippen LogP contribution >= 0.6 is 12.2 Å². The van der Waals surface area contributed by atoms with Gasteiger partial charge < -0.3 is 10.1 Å². The Hall–Kier alpha value is -1.16. The van der Waals surface area contributed by atoms with Gasteiger partial charge in [0.15, 0.2) is 0 Å². The second-order valence-electron chi connectivity index (χ2n) is 2.37. The molecule has 3 nitrogen and oxygen atoms in total. The van der Waals surface area contributed by atoms with Crippen LogP contribution in [0.15, 0.2) is 12.1 Å². The van der Waals surface area contributed by atoms with Gasteiger partial charge in [0, 0.05) is 5.69 Å². The normalized spacial score (nSPS) is 9.75. The van der Waals surface area contributed by atoms with Crippen LogP contribution in [0.3, 0.4) is 0 Å². The van der Waals surface area contributed by atoms with E-state index in [1.165, 1.54) is 6.07 Å². The number of aromatic nitrogens is 1. The van der Waals surface area contributed by atoms with Crippen LogP contribution in [0.5, 0.6) is 0 Å². The number of hydrogen-bond donors (Lipinski definition) is 2. The summed E-state index contributed by atoms with van der Waals surface area (Å²) in [7, 11) is 0. The first-order chi connectivity index (χ1) is 5.65. The summed E-state index contributed by atoms with van der Waals surface area (Å²) in [6.45, 7) is 1.88. The third-order valence-electron chi connectivity index (χ3n) is 1.58. The lowest BCUT2D eigenvalue weighted by molar-refractivity contribution is 0.0695. The molecule has 2 N–H and O–H groups in total. The molecule has 64 valence electrons. The highest BCUT2D eigenvalue weighted by molar-refractivity contribution is 7.71. The number of carbonyl (C=O) groups is 1. The molecule has 0 bridgehead atoms. The van der Waals surface area contributed by atoms with E-state index < -0.39 is 5.97 Å². The van der Waals surface area contributed by atoms with E-state index in [1.54, 1.807) is 6.07 Å². The molecule has 1 rings (SSSR count). The van der Waals surface area contributed by atoms with E-state index in [0.717, 1.165) is 0 Å². The number of carboxylic acid groups (broad SMARTS) is 1. The number of carboxylic acids is 1. The molecule has 0 unspecified atom stereocenters. The van der Waals surface area contributed by atoms with Crippen LogP contribution in [-0.2, 0) is 6.42 Å². The van der Waals surface area contributed by atoms with Crippen LogP contribution in [0.2, 0.25) is 0 Å². The van der Waals surface area contributed by atoms with Gasteiger partial charge in [0.25, 0.3) is 0 Å². The molecule has 1 heterocycles. The average Bonchev–Trinajstić information content (AvgIpc) is 2.03. The van der Waals surface area contributed by atoms with Crippen molar-refractivity contribution in [3.05, 3.63) is 28.0 Å². The first-order valence-corrected chi connectivity index (χ1v) is 4.01. The molecule has 0 aliphatic carbocycles. The van der Waals surface area contributed by atoms with Crippen molar-refractivity contribution in [2.75, 3.05) is 0 Å². The maximum Gasteiger partial charge on any atom is 0.337 e. The van der Waals surface area contributed by atoms with Crippen molar-refractivity contribution < 1.29 is 9.90 Å². The number of aryl methyl sites for hydroxylation is 1. The minimum atomic E-state index is -0.918. The predicted molar refractivity (Wildman–Crippen MR) is 48.0 cm³/mol. The van der Waals surface area contributed by atoms with Crippen LogP contribution in [-0.4, -0.2) is 16.1 Å². The van der Waals surface area contributed by atoms with E-state index in [-0.39, 0.29) is 0 Å². The number of pyridine rings is 1. The largest absolute Gasteiger partial charge is 0.478 e. The summed E-state index contributed by atoms with van der Waals surface area (Å²) in [6, 6.07) is 3.11. The van der Waals surface area contributed by atoms with E-state index >= 15 is 0 Å².